The van der Waals surface area contributed by atoms with Gasteiger partial charge in [-0.2, -0.15) is 0 Å². The molecule has 2 atom stereocenters. The Morgan fingerprint density at radius 1 is 1.41 bits per heavy atom. The minimum absolute atomic E-state index is 0.0803. The smallest absolute Gasteiger partial charge is 0.411 e. The van der Waals surface area contributed by atoms with Crippen LogP contribution in [0.15, 0.2) is 18.2 Å². The number of halogens is 1. The highest BCUT2D eigenvalue weighted by Crippen LogP contribution is 2.32. The molecule has 7 nitrogen and oxygen atoms in total. The Morgan fingerprint density at radius 3 is 2.77 bits per heavy atom. The lowest BCUT2D eigenvalue weighted by molar-refractivity contribution is -0.125. The molecule has 0 aromatic heterocycles. The highest BCUT2D eigenvalue weighted by Gasteiger charge is 2.45. The van der Waals surface area contributed by atoms with Gasteiger partial charge >= 0.3 is 6.09 Å². The number of para-hydroxylation sites is 1. The predicted molar refractivity (Wildman–Crippen MR) is 73.5 cm³/mol. The van der Waals surface area contributed by atoms with Gasteiger partial charge in [-0.25, -0.2) is 9.18 Å². The zero-order chi connectivity index (χ0) is 16.0. The van der Waals surface area contributed by atoms with Crippen LogP contribution >= 0.6 is 0 Å². The summed E-state index contributed by atoms with van der Waals surface area (Å²) in [6.45, 7) is -0.0803. The zero-order valence-corrected chi connectivity index (χ0v) is 11.8. The highest BCUT2D eigenvalue weighted by atomic mass is 19.1. The first kappa shape index (κ1) is 14.3. The molecule has 0 radical (unpaired) electrons. The van der Waals surface area contributed by atoms with Gasteiger partial charge in [0.15, 0.2) is 6.10 Å². The number of likely N-dealkylation sites (N-methyl/N-ethyl adjacent to an activating group) is 1. The maximum atomic E-state index is 13.9. The Labute approximate surface area is 125 Å². The number of rotatable bonds is 2. The van der Waals surface area contributed by atoms with E-state index in [0.717, 1.165) is 0 Å². The van der Waals surface area contributed by atoms with Crippen molar-refractivity contribution in [3.05, 3.63) is 29.6 Å². The third-order valence-electron chi connectivity index (χ3n) is 3.97. The van der Waals surface area contributed by atoms with Crippen molar-refractivity contribution >= 4 is 23.6 Å². The molecule has 0 saturated carbocycles. The second kappa shape index (κ2) is 4.97. The number of hydrogen-bond donors (Lipinski definition) is 1. The van der Waals surface area contributed by atoms with Crippen LogP contribution in [0.4, 0.5) is 14.9 Å². The number of primary amides is 1. The van der Waals surface area contributed by atoms with Crippen molar-refractivity contribution in [2.75, 3.05) is 18.5 Å². The number of fused-ring (bicyclic) bond motifs is 1. The van der Waals surface area contributed by atoms with Crippen molar-refractivity contribution in [1.82, 2.24) is 4.90 Å². The first-order valence-corrected chi connectivity index (χ1v) is 6.71. The van der Waals surface area contributed by atoms with Gasteiger partial charge in [-0.1, -0.05) is 12.1 Å². The van der Waals surface area contributed by atoms with Crippen LogP contribution in [-0.2, 0) is 20.7 Å². The molecule has 1 aromatic rings. The maximum Gasteiger partial charge on any atom is 0.411 e. The van der Waals surface area contributed by atoms with E-state index in [1.54, 1.807) is 12.1 Å². The first-order chi connectivity index (χ1) is 10.4. The molecule has 22 heavy (non-hydrogen) atoms. The second-order valence-corrected chi connectivity index (χ2v) is 5.29. The van der Waals surface area contributed by atoms with Crippen LogP contribution in [-0.4, -0.2) is 48.5 Å². The van der Waals surface area contributed by atoms with Crippen molar-refractivity contribution in [2.45, 2.75) is 18.6 Å². The van der Waals surface area contributed by atoms with E-state index in [1.807, 2.05) is 0 Å². The number of nitrogens with zero attached hydrogens (tertiary/aromatic N) is 2. The average Bonchev–Trinajstić information content (AvgIpc) is 2.85. The van der Waals surface area contributed by atoms with E-state index in [4.69, 9.17) is 10.5 Å². The van der Waals surface area contributed by atoms with Gasteiger partial charge in [-0.15, -0.1) is 0 Å². The van der Waals surface area contributed by atoms with Crippen LogP contribution in [0, 0.1) is 5.82 Å². The lowest BCUT2D eigenvalue weighted by Gasteiger charge is -2.35. The molecule has 1 saturated heterocycles. The molecule has 2 N–H and O–H groups in total. The normalized spacial score (nSPS) is 24.3. The number of ether oxygens (including phenoxy) is 1. The Balaban J connectivity index is 1.92. The summed E-state index contributed by atoms with van der Waals surface area (Å²) < 4.78 is 18.7. The Kier molecular flexibility index (Phi) is 3.23. The van der Waals surface area contributed by atoms with Gasteiger partial charge < -0.3 is 15.4 Å². The molecule has 0 aliphatic carbocycles. The molecule has 3 amide bonds. The zero-order valence-electron chi connectivity index (χ0n) is 11.8. The number of carbonyl (C=O) groups excluding carboxylic acids is 3. The monoisotopic (exact) mass is 307 g/mol. The largest absolute Gasteiger partial charge is 0.434 e. The minimum Gasteiger partial charge on any atom is -0.434 e. The van der Waals surface area contributed by atoms with Crippen LogP contribution in [0.3, 0.4) is 0 Å². The van der Waals surface area contributed by atoms with Crippen molar-refractivity contribution in [3.63, 3.8) is 0 Å². The molecular weight excluding hydrogens is 293 g/mol. The molecule has 1 unspecified atom stereocenters. The fourth-order valence-electron chi connectivity index (χ4n) is 2.86. The number of nitrogens with two attached hydrogens (primary N) is 1. The third-order valence-corrected chi connectivity index (χ3v) is 3.97. The first-order valence-electron chi connectivity index (χ1n) is 6.71. The molecule has 8 heteroatoms. The van der Waals surface area contributed by atoms with E-state index in [-0.39, 0.29) is 18.7 Å². The summed E-state index contributed by atoms with van der Waals surface area (Å²) in [4.78, 5) is 37.8. The van der Waals surface area contributed by atoms with E-state index in [1.165, 1.54) is 22.9 Å². The van der Waals surface area contributed by atoms with Gasteiger partial charge in [0.1, 0.15) is 11.9 Å². The number of hydrogen-bond acceptors (Lipinski definition) is 4. The molecule has 1 aromatic carbocycles. The topological polar surface area (TPSA) is 92.9 Å². The van der Waals surface area contributed by atoms with Gasteiger partial charge in [0.2, 0.25) is 5.91 Å². The summed E-state index contributed by atoms with van der Waals surface area (Å²) in [5, 5.41) is 0. The summed E-state index contributed by atoms with van der Waals surface area (Å²) in [5.41, 5.74) is 5.95. The molecule has 0 bridgehead atoms. The van der Waals surface area contributed by atoms with Crippen LogP contribution < -0.4 is 10.6 Å². The predicted octanol–water partition coefficient (Wildman–Crippen LogP) is 0.0193. The maximum absolute atomic E-state index is 13.9. The summed E-state index contributed by atoms with van der Waals surface area (Å²) in [6, 6.07) is 3.68. The number of anilines is 1. The van der Waals surface area contributed by atoms with E-state index in [2.05, 4.69) is 0 Å². The van der Waals surface area contributed by atoms with Crippen LogP contribution in [0.5, 0.6) is 0 Å². The highest BCUT2D eigenvalue weighted by molar-refractivity contribution is 6.01. The Morgan fingerprint density at radius 2 is 2.14 bits per heavy atom. The van der Waals surface area contributed by atoms with E-state index in [9.17, 15) is 18.8 Å². The average molecular weight is 307 g/mol. The Hall–Kier alpha value is -2.64. The molecule has 2 aliphatic heterocycles. The van der Waals surface area contributed by atoms with E-state index in [0.29, 0.717) is 5.56 Å². The molecule has 1 fully saturated rings. The van der Waals surface area contributed by atoms with Gasteiger partial charge in [-0.05, 0) is 11.6 Å². The van der Waals surface area contributed by atoms with Gasteiger partial charge in [-0.3, -0.25) is 14.5 Å². The Bertz CT molecular complexity index is 678. The SMILES string of the molecule is CN1C(=O)C(N2C[C@H](C(N)=O)OC2=O)Cc2cccc(F)c21. The van der Waals surface area contributed by atoms with Crippen LogP contribution in [0.2, 0.25) is 0 Å². The van der Waals surface area contributed by atoms with Crippen molar-refractivity contribution in [3.8, 4) is 0 Å². The quantitative estimate of drug-likeness (QED) is 0.833. The lowest BCUT2D eigenvalue weighted by Crippen LogP contribution is -2.52. The van der Waals surface area contributed by atoms with Gasteiger partial charge in [0, 0.05) is 13.5 Å². The summed E-state index contributed by atoms with van der Waals surface area (Å²) in [5.74, 6) is -1.69. The van der Waals surface area contributed by atoms with Gasteiger partial charge in [0.05, 0.1) is 12.2 Å². The molecule has 2 aliphatic rings. The fourth-order valence-corrected chi connectivity index (χ4v) is 2.86. The fraction of sp³-hybridized carbons (Fsp3) is 0.357. The summed E-state index contributed by atoms with van der Waals surface area (Å²) >= 11 is 0. The molecular formula is C14H14FN3O4. The minimum atomic E-state index is -1.07. The molecule has 116 valence electrons. The molecule has 2 heterocycles. The van der Waals surface area contributed by atoms with Crippen molar-refractivity contribution in [2.24, 2.45) is 5.73 Å². The van der Waals surface area contributed by atoms with E-state index >= 15 is 0 Å². The lowest BCUT2D eigenvalue weighted by atomic mass is 9.96. The van der Waals surface area contributed by atoms with E-state index < -0.39 is 35.9 Å². The van der Waals surface area contributed by atoms with Crippen LogP contribution in [0.25, 0.3) is 0 Å². The third kappa shape index (κ3) is 2.07. The number of amides is 3. The summed E-state index contributed by atoms with van der Waals surface area (Å²) in [7, 11) is 1.45. The van der Waals surface area contributed by atoms with Crippen molar-refractivity contribution in [1.29, 1.82) is 0 Å². The summed E-state index contributed by atoms with van der Waals surface area (Å²) in [6.07, 6.45) is -1.67. The van der Waals surface area contributed by atoms with Crippen LogP contribution in [0.1, 0.15) is 5.56 Å². The molecule has 0 spiro atoms. The van der Waals surface area contributed by atoms with Gasteiger partial charge in [0.25, 0.3) is 5.91 Å². The molecule has 3 rings (SSSR count). The number of benzene rings is 1. The number of carbonyl (C=O) groups is 3. The standard InChI is InChI=1S/C14H14FN3O4/c1-17-11-7(3-2-4-8(11)15)5-9(13(17)20)18-6-10(12(16)19)22-14(18)21/h2-4,9-10H,5-6H2,1H3,(H2,16,19)/t9?,10-/m1/s1. The van der Waals surface area contributed by atoms with Crippen molar-refractivity contribution < 1.29 is 23.5 Å². The second-order valence-electron chi connectivity index (χ2n) is 5.29. The number of cyclic esters (lactones) is 1.